The maximum atomic E-state index is 9.06. The summed E-state index contributed by atoms with van der Waals surface area (Å²) in [4.78, 5) is 15.5. The molecular formula is C18H21BrN6. The molecule has 0 amide bonds. The number of benzene rings is 1. The van der Waals surface area contributed by atoms with Crippen LogP contribution >= 0.6 is 15.9 Å². The van der Waals surface area contributed by atoms with Gasteiger partial charge in [0.25, 0.3) is 0 Å². The molecule has 0 aliphatic carbocycles. The van der Waals surface area contributed by atoms with Crippen LogP contribution in [0.15, 0.2) is 34.9 Å². The Kier molecular flexibility index (Phi) is 5.09. The first kappa shape index (κ1) is 17.5. The molecule has 1 fully saturated rings. The van der Waals surface area contributed by atoms with E-state index in [4.69, 9.17) is 5.26 Å². The number of anilines is 3. The van der Waals surface area contributed by atoms with Gasteiger partial charge in [-0.15, -0.1) is 0 Å². The van der Waals surface area contributed by atoms with Crippen LogP contribution in [-0.2, 0) is 0 Å². The molecule has 0 spiro atoms. The molecule has 25 heavy (non-hydrogen) atoms. The fourth-order valence-electron chi connectivity index (χ4n) is 3.01. The second-order valence-corrected chi connectivity index (χ2v) is 7.24. The highest BCUT2D eigenvalue weighted by Gasteiger charge is 2.27. The molecule has 0 bridgehead atoms. The molecule has 1 aliphatic heterocycles. The largest absolute Gasteiger partial charge is 0.369 e. The van der Waals surface area contributed by atoms with E-state index < -0.39 is 0 Å². The third-order valence-electron chi connectivity index (χ3n) is 4.55. The first-order valence-electron chi connectivity index (χ1n) is 8.17. The lowest BCUT2D eigenvalue weighted by atomic mass is 10.2. The van der Waals surface area contributed by atoms with Gasteiger partial charge in [-0.05, 0) is 46.6 Å². The number of nitrogens with zero attached hydrogens (tertiary/aromatic N) is 6. The number of hydrogen-bond donors (Lipinski definition) is 0. The number of nitriles is 1. The van der Waals surface area contributed by atoms with Gasteiger partial charge in [0.2, 0.25) is 5.95 Å². The summed E-state index contributed by atoms with van der Waals surface area (Å²) in [5, 5.41) is 9.06. The molecule has 2 heterocycles. The van der Waals surface area contributed by atoms with Crippen LogP contribution in [0.1, 0.15) is 12.0 Å². The topological polar surface area (TPSA) is 59.3 Å². The maximum absolute atomic E-state index is 9.06. The normalized spacial score (nSPS) is 16.6. The first-order valence-corrected chi connectivity index (χ1v) is 8.96. The summed E-state index contributed by atoms with van der Waals surface area (Å²) < 4.78 is 0.839. The van der Waals surface area contributed by atoms with E-state index in [1.54, 1.807) is 6.20 Å². The fourth-order valence-corrected chi connectivity index (χ4v) is 3.46. The Balaban J connectivity index is 1.73. The predicted molar refractivity (Wildman–Crippen MR) is 104 cm³/mol. The SMILES string of the molecule is CN(C)c1ccnc(N(C)C2CCN(c3ccc(C#N)c(Br)c3)C2)n1. The van der Waals surface area contributed by atoms with Crippen molar-refractivity contribution in [3.63, 3.8) is 0 Å². The molecule has 7 heteroatoms. The van der Waals surface area contributed by atoms with Crippen LogP contribution in [0.25, 0.3) is 0 Å². The first-order chi connectivity index (χ1) is 12.0. The molecule has 3 rings (SSSR count). The van der Waals surface area contributed by atoms with E-state index in [1.807, 2.05) is 43.3 Å². The Hall–Kier alpha value is -2.33. The summed E-state index contributed by atoms with van der Waals surface area (Å²) in [5.74, 6) is 1.65. The van der Waals surface area contributed by atoms with Crippen molar-refractivity contribution in [3.05, 3.63) is 40.5 Å². The maximum Gasteiger partial charge on any atom is 0.227 e. The summed E-state index contributed by atoms with van der Waals surface area (Å²) in [6.45, 7) is 1.88. The van der Waals surface area contributed by atoms with Crippen LogP contribution < -0.4 is 14.7 Å². The molecule has 1 atom stereocenters. The lowest BCUT2D eigenvalue weighted by Gasteiger charge is -2.26. The molecule has 1 aromatic heterocycles. The number of halogens is 1. The van der Waals surface area contributed by atoms with Gasteiger partial charge in [-0.3, -0.25) is 0 Å². The van der Waals surface area contributed by atoms with Crippen molar-refractivity contribution in [3.8, 4) is 6.07 Å². The fraction of sp³-hybridized carbons (Fsp3) is 0.389. The van der Waals surface area contributed by atoms with Crippen molar-refractivity contribution in [1.29, 1.82) is 5.26 Å². The molecule has 0 radical (unpaired) electrons. The zero-order valence-electron chi connectivity index (χ0n) is 14.6. The van der Waals surface area contributed by atoms with E-state index in [-0.39, 0.29) is 0 Å². The third-order valence-corrected chi connectivity index (χ3v) is 5.21. The minimum absolute atomic E-state index is 0.354. The summed E-state index contributed by atoms with van der Waals surface area (Å²) in [6, 6.07) is 10.3. The van der Waals surface area contributed by atoms with Crippen molar-refractivity contribution >= 4 is 33.4 Å². The highest BCUT2D eigenvalue weighted by Crippen LogP contribution is 2.28. The highest BCUT2D eigenvalue weighted by atomic mass is 79.9. The second-order valence-electron chi connectivity index (χ2n) is 6.38. The summed E-state index contributed by atoms with van der Waals surface area (Å²) in [6.07, 6.45) is 2.85. The molecule has 6 nitrogen and oxygen atoms in total. The zero-order valence-corrected chi connectivity index (χ0v) is 16.2. The molecule has 130 valence electrons. The Morgan fingerprint density at radius 3 is 2.76 bits per heavy atom. The van der Waals surface area contributed by atoms with Gasteiger partial charge in [0, 0.05) is 50.6 Å². The van der Waals surface area contributed by atoms with E-state index in [0.29, 0.717) is 11.6 Å². The average molecular weight is 401 g/mol. The zero-order chi connectivity index (χ0) is 18.0. The molecule has 1 saturated heterocycles. The molecular weight excluding hydrogens is 380 g/mol. The number of aromatic nitrogens is 2. The van der Waals surface area contributed by atoms with Crippen LogP contribution in [0.4, 0.5) is 17.5 Å². The van der Waals surface area contributed by atoms with E-state index in [0.717, 1.165) is 41.4 Å². The summed E-state index contributed by atoms with van der Waals surface area (Å²) in [5.41, 5.74) is 1.79. The highest BCUT2D eigenvalue weighted by molar-refractivity contribution is 9.10. The quantitative estimate of drug-likeness (QED) is 0.786. The lowest BCUT2D eigenvalue weighted by Crippen LogP contribution is -2.35. The standard InChI is InChI=1S/C18H21BrN6/c1-23(2)17-6-8-21-18(22-17)24(3)15-7-9-25(12-15)14-5-4-13(11-20)16(19)10-14/h4-6,8,10,15H,7,9,12H2,1-3H3. The van der Waals surface area contributed by atoms with Crippen molar-refractivity contribution in [2.45, 2.75) is 12.5 Å². The van der Waals surface area contributed by atoms with Crippen molar-refractivity contribution < 1.29 is 0 Å². The van der Waals surface area contributed by atoms with Crippen LogP contribution in [0.3, 0.4) is 0 Å². The van der Waals surface area contributed by atoms with Gasteiger partial charge < -0.3 is 14.7 Å². The summed E-state index contributed by atoms with van der Waals surface area (Å²) >= 11 is 3.47. The van der Waals surface area contributed by atoms with Crippen molar-refractivity contribution in [2.75, 3.05) is 48.9 Å². The van der Waals surface area contributed by atoms with Crippen LogP contribution in [0.5, 0.6) is 0 Å². The van der Waals surface area contributed by atoms with Crippen LogP contribution in [0, 0.1) is 11.3 Å². The van der Waals surface area contributed by atoms with Gasteiger partial charge in [0.15, 0.2) is 0 Å². The Bertz CT molecular complexity index is 800. The molecule has 1 unspecified atom stereocenters. The minimum atomic E-state index is 0.354. The van der Waals surface area contributed by atoms with E-state index in [2.05, 4.69) is 48.8 Å². The van der Waals surface area contributed by atoms with Gasteiger partial charge in [-0.1, -0.05) is 0 Å². The van der Waals surface area contributed by atoms with Gasteiger partial charge >= 0.3 is 0 Å². The predicted octanol–water partition coefficient (Wildman–Crippen LogP) is 2.89. The second kappa shape index (κ2) is 7.28. The average Bonchev–Trinajstić information content (AvgIpc) is 3.11. The molecule has 1 aliphatic rings. The number of likely N-dealkylation sites (N-methyl/N-ethyl adjacent to an activating group) is 1. The molecule has 0 N–H and O–H groups in total. The lowest BCUT2D eigenvalue weighted by molar-refractivity contribution is 0.674. The third kappa shape index (κ3) is 3.69. The monoisotopic (exact) mass is 400 g/mol. The number of rotatable bonds is 4. The van der Waals surface area contributed by atoms with Crippen LogP contribution in [0.2, 0.25) is 0 Å². The Labute approximate surface area is 156 Å². The molecule has 0 saturated carbocycles. The Morgan fingerprint density at radius 1 is 1.28 bits per heavy atom. The molecule has 2 aromatic rings. The molecule has 1 aromatic carbocycles. The van der Waals surface area contributed by atoms with E-state index in [9.17, 15) is 0 Å². The van der Waals surface area contributed by atoms with E-state index >= 15 is 0 Å². The van der Waals surface area contributed by atoms with Gasteiger partial charge in [-0.2, -0.15) is 10.2 Å². The van der Waals surface area contributed by atoms with E-state index in [1.165, 1.54) is 0 Å². The number of hydrogen-bond acceptors (Lipinski definition) is 6. The smallest absolute Gasteiger partial charge is 0.227 e. The van der Waals surface area contributed by atoms with Crippen molar-refractivity contribution in [2.24, 2.45) is 0 Å². The minimum Gasteiger partial charge on any atom is -0.369 e. The van der Waals surface area contributed by atoms with Gasteiger partial charge in [-0.25, -0.2) is 4.98 Å². The van der Waals surface area contributed by atoms with Gasteiger partial charge in [0.1, 0.15) is 11.9 Å². The van der Waals surface area contributed by atoms with Crippen LogP contribution in [-0.4, -0.2) is 50.2 Å². The van der Waals surface area contributed by atoms with Gasteiger partial charge in [0.05, 0.1) is 11.6 Å². The summed E-state index contributed by atoms with van der Waals surface area (Å²) in [7, 11) is 6.01. The van der Waals surface area contributed by atoms with Crippen molar-refractivity contribution in [1.82, 2.24) is 9.97 Å². The Morgan fingerprint density at radius 2 is 2.08 bits per heavy atom.